The second-order valence-corrected chi connectivity index (χ2v) is 6.10. The molecule has 1 heterocycles. The minimum atomic E-state index is -0.169. The predicted molar refractivity (Wildman–Crippen MR) is 73.7 cm³/mol. The van der Waals surface area contributed by atoms with Gasteiger partial charge in [-0.1, -0.05) is 39.5 Å². The molecule has 1 aromatic carbocycles. The molecule has 18 heavy (non-hydrogen) atoms. The molecule has 1 aliphatic rings. The summed E-state index contributed by atoms with van der Waals surface area (Å²) in [6.07, 6.45) is 2.30. The molecule has 0 bridgehead atoms. The van der Waals surface area contributed by atoms with Crippen LogP contribution in [0.25, 0.3) is 0 Å². The van der Waals surface area contributed by atoms with Crippen LogP contribution in [0, 0.1) is 11.2 Å². The summed E-state index contributed by atoms with van der Waals surface area (Å²) in [6.45, 7) is 11.9. The van der Waals surface area contributed by atoms with Crippen molar-refractivity contribution in [3.63, 3.8) is 0 Å². The first-order chi connectivity index (χ1) is 8.39. The summed E-state index contributed by atoms with van der Waals surface area (Å²) in [5.41, 5.74) is 2.46. The Morgan fingerprint density at radius 3 is 2.44 bits per heavy atom. The van der Waals surface area contributed by atoms with Crippen molar-refractivity contribution in [2.24, 2.45) is 5.41 Å². The number of hydrogen-bond donors (Lipinski definition) is 0. The van der Waals surface area contributed by atoms with Crippen LogP contribution in [0.4, 0.5) is 4.39 Å². The number of nitrogens with zero attached hydrogens (tertiary/aromatic N) is 1. The summed E-state index contributed by atoms with van der Waals surface area (Å²) in [5, 5.41) is 0. The van der Waals surface area contributed by atoms with Crippen LogP contribution in [0.1, 0.15) is 45.2 Å². The van der Waals surface area contributed by atoms with Gasteiger partial charge in [-0.3, -0.25) is 0 Å². The highest BCUT2D eigenvalue weighted by atomic mass is 19.1. The summed E-state index contributed by atoms with van der Waals surface area (Å²) in [7, 11) is 0. The van der Waals surface area contributed by atoms with Crippen molar-refractivity contribution in [2.45, 2.75) is 39.7 Å². The largest absolute Gasteiger partial charge is 0.368 e. The van der Waals surface area contributed by atoms with Crippen molar-refractivity contribution in [3.8, 4) is 0 Å². The van der Waals surface area contributed by atoms with E-state index in [0.29, 0.717) is 6.04 Å². The Morgan fingerprint density at radius 2 is 1.89 bits per heavy atom. The van der Waals surface area contributed by atoms with Gasteiger partial charge in [0.05, 0.1) is 6.04 Å². The molecule has 1 atom stereocenters. The molecule has 1 aliphatic heterocycles. The van der Waals surface area contributed by atoms with Gasteiger partial charge in [0, 0.05) is 17.7 Å². The van der Waals surface area contributed by atoms with Crippen LogP contribution in [0.5, 0.6) is 0 Å². The topological polar surface area (TPSA) is 3.24 Å². The molecule has 0 aliphatic carbocycles. The summed E-state index contributed by atoms with van der Waals surface area (Å²) in [5.74, 6) is -0.169. The Morgan fingerprint density at radius 1 is 1.28 bits per heavy atom. The van der Waals surface area contributed by atoms with Crippen LogP contribution >= 0.6 is 0 Å². The molecule has 1 nitrogen and oxygen atoms in total. The first kappa shape index (κ1) is 13.1. The van der Waals surface area contributed by atoms with Crippen molar-refractivity contribution in [1.82, 2.24) is 4.90 Å². The van der Waals surface area contributed by atoms with Gasteiger partial charge in [-0.15, -0.1) is 0 Å². The average Bonchev–Trinajstić information content (AvgIpc) is 2.76. The molecular weight excluding hydrogens is 225 g/mol. The molecular formula is C16H22FN. The maximum atomic E-state index is 13.0. The monoisotopic (exact) mass is 247 g/mol. The van der Waals surface area contributed by atoms with Gasteiger partial charge in [0.1, 0.15) is 5.82 Å². The zero-order chi connectivity index (χ0) is 13.3. The van der Waals surface area contributed by atoms with Gasteiger partial charge in [-0.25, -0.2) is 4.39 Å². The van der Waals surface area contributed by atoms with Crippen LogP contribution < -0.4 is 0 Å². The van der Waals surface area contributed by atoms with Gasteiger partial charge in [-0.2, -0.15) is 0 Å². The van der Waals surface area contributed by atoms with Crippen LogP contribution in [-0.2, 0) is 0 Å². The molecule has 0 aromatic heterocycles. The fraction of sp³-hybridized carbons (Fsp3) is 0.500. The molecule has 1 saturated heterocycles. The van der Waals surface area contributed by atoms with E-state index in [1.807, 2.05) is 12.1 Å². The second kappa shape index (κ2) is 4.75. The average molecular weight is 247 g/mol. The molecule has 0 amide bonds. The molecule has 0 radical (unpaired) electrons. The van der Waals surface area contributed by atoms with Gasteiger partial charge in [-0.05, 0) is 30.5 Å². The van der Waals surface area contributed by atoms with Gasteiger partial charge in [0.15, 0.2) is 0 Å². The normalized spacial score (nSPS) is 20.2. The molecule has 2 rings (SSSR count). The second-order valence-electron chi connectivity index (χ2n) is 6.10. The quantitative estimate of drug-likeness (QED) is 0.742. The number of rotatable bonds is 2. The van der Waals surface area contributed by atoms with E-state index in [0.717, 1.165) is 13.0 Å². The van der Waals surface area contributed by atoms with E-state index in [1.54, 1.807) is 12.1 Å². The fourth-order valence-corrected chi connectivity index (χ4v) is 2.55. The standard InChI is InChI=1S/C16H22FN/c1-12(16(2,3)4)18-11-5-6-15(18)13-7-9-14(17)10-8-13/h7-10,15H,1,5-6,11H2,2-4H3. The Labute approximate surface area is 109 Å². The zero-order valence-corrected chi connectivity index (χ0v) is 11.5. The third-order valence-corrected chi connectivity index (χ3v) is 3.72. The number of halogens is 1. The van der Waals surface area contributed by atoms with Gasteiger partial charge in [0.2, 0.25) is 0 Å². The molecule has 1 aromatic rings. The highest BCUT2D eigenvalue weighted by Crippen LogP contribution is 2.39. The van der Waals surface area contributed by atoms with E-state index < -0.39 is 0 Å². The van der Waals surface area contributed by atoms with E-state index in [2.05, 4.69) is 32.3 Å². The lowest BCUT2D eigenvalue weighted by Gasteiger charge is -2.36. The highest BCUT2D eigenvalue weighted by molar-refractivity contribution is 5.23. The lowest BCUT2D eigenvalue weighted by atomic mass is 9.91. The first-order valence-electron chi connectivity index (χ1n) is 6.61. The summed E-state index contributed by atoms with van der Waals surface area (Å²) >= 11 is 0. The molecule has 0 N–H and O–H groups in total. The molecule has 2 heteroatoms. The molecule has 0 saturated carbocycles. The van der Waals surface area contributed by atoms with Crippen molar-refractivity contribution in [3.05, 3.63) is 47.9 Å². The number of likely N-dealkylation sites (tertiary alicyclic amines) is 1. The van der Waals surface area contributed by atoms with Crippen molar-refractivity contribution in [1.29, 1.82) is 0 Å². The zero-order valence-electron chi connectivity index (χ0n) is 11.5. The van der Waals surface area contributed by atoms with Crippen molar-refractivity contribution < 1.29 is 4.39 Å². The molecule has 1 fully saturated rings. The maximum Gasteiger partial charge on any atom is 0.123 e. The van der Waals surface area contributed by atoms with Crippen molar-refractivity contribution >= 4 is 0 Å². The lowest BCUT2D eigenvalue weighted by molar-refractivity contribution is 0.255. The molecule has 98 valence electrons. The van der Waals surface area contributed by atoms with Crippen LogP contribution in [0.2, 0.25) is 0 Å². The number of hydrogen-bond acceptors (Lipinski definition) is 1. The van der Waals surface area contributed by atoms with E-state index in [-0.39, 0.29) is 11.2 Å². The number of benzene rings is 1. The minimum absolute atomic E-state index is 0.0859. The Hall–Kier alpha value is -1.31. The van der Waals surface area contributed by atoms with Crippen LogP contribution in [-0.4, -0.2) is 11.4 Å². The van der Waals surface area contributed by atoms with Gasteiger partial charge in [0.25, 0.3) is 0 Å². The first-order valence-corrected chi connectivity index (χ1v) is 6.61. The summed E-state index contributed by atoms with van der Waals surface area (Å²) in [4.78, 5) is 2.38. The van der Waals surface area contributed by atoms with Crippen LogP contribution in [0.15, 0.2) is 36.5 Å². The lowest BCUT2D eigenvalue weighted by Crippen LogP contribution is -2.29. The Bertz CT molecular complexity index is 427. The third kappa shape index (κ3) is 2.58. The van der Waals surface area contributed by atoms with E-state index in [4.69, 9.17) is 0 Å². The van der Waals surface area contributed by atoms with Gasteiger partial charge < -0.3 is 4.90 Å². The highest BCUT2D eigenvalue weighted by Gasteiger charge is 2.31. The van der Waals surface area contributed by atoms with Gasteiger partial charge >= 0.3 is 0 Å². The minimum Gasteiger partial charge on any atom is -0.368 e. The summed E-state index contributed by atoms with van der Waals surface area (Å²) < 4.78 is 13.0. The molecule has 0 spiro atoms. The van der Waals surface area contributed by atoms with Crippen LogP contribution in [0.3, 0.4) is 0 Å². The van der Waals surface area contributed by atoms with E-state index >= 15 is 0 Å². The number of allylic oxidation sites excluding steroid dienone is 1. The Kier molecular flexibility index (Phi) is 3.47. The Balaban J connectivity index is 2.22. The van der Waals surface area contributed by atoms with E-state index in [9.17, 15) is 4.39 Å². The SMILES string of the molecule is C=C(N1CCCC1c1ccc(F)cc1)C(C)(C)C. The predicted octanol–water partition coefficient (Wildman–Crippen LogP) is 4.52. The van der Waals surface area contributed by atoms with Crippen molar-refractivity contribution in [2.75, 3.05) is 6.54 Å². The summed E-state index contributed by atoms with van der Waals surface area (Å²) in [6, 6.07) is 7.25. The smallest absolute Gasteiger partial charge is 0.123 e. The van der Waals surface area contributed by atoms with E-state index in [1.165, 1.54) is 17.7 Å². The molecule has 1 unspecified atom stereocenters. The maximum absolute atomic E-state index is 13.0. The third-order valence-electron chi connectivity index (χ3n) is 3.72. The fourth-order valence-electron chi connectivity index (χ4n) is 2.55.